The van der Waals surface area contributed by atoms with E-state index in [0.717, 1.165) is 12.1 Å². The Labute approximate surface area is 129 Å². The van der Waals surface area contributed by atoms with Crippen LogP contribution < -0.4 is 5.32 Å². The lowest BCUT2D eigenvalue weighted by atomic mass is 9.99. The Balaban J connectivity index is 1.85. The van der Waals surface area contributed by atoms with Gasteiger partial charge in [0.15, 0.2) is 5.16 Å². The van der Waals surface area contributed by atoms with Crippen molar-refractivity contribution in [2.45, 2.75) is 31.3 Å². The lowest BCUT2D eigenvalue weighted by molar-refractivity contribution is -0.113. The highest BCUT2D eigenvalue weighted by Gasteiger charge is 2.06. The number of thioether (sulfide) groups is 1. The normalized spacial score (nSPS) is 11.9. The maximum atomic E-state index is 11.9. The van der Waals surface area contributed by atoms with Gasteiger partial charge in [-0.05, 0) is 36.1 Å². The van der Waals surface area contributed by atoms with E-state index < -0.39 is 0 Å². The van der Waals surface area contributed by atoms with E-state index in [4.69, 9.17) is 0 Å². The second-order valence-electron chi connectivity index (χ2n) is 4.80. The molecule has 0 aliphatic heterocycles. The van der Waals surface area contributed by atoms with E-state index in [-0.39, 0.29) is 5.91 Å². The van der Waals surface area contributed by atoms with Crippen LogP contribution in [0.3, 0.4) is 0 Å². The standard InChI is InChI=1S/C16H19N3OS/c1-3-12(2)13-5-7-14(8-6-13)19-15(20)11-21-16-17-9-4-10-18-16/h4-10,12H,3,11H2,1-2H3,(H,19,20)/t12-/m1/s1. The first-order valence-corrected chi connectivity index (χ1v) is 7.97. The summed E-state index contributed by atoms with van der Waals surface area (Å²) in [4.78, 5) is 20.0. The van der Waals surface area contributed by atoms with E-state index >= 15 is 0 Å². The number of carbonyl (C=O) groups is 1. The van der Waals surface area contributed by atoms with E-state index in [9.17, 15) is 4.79 Å². The Morgan fingerprint density at radius 1 is 1.24 bits per heavy atom. The third-order valence-electron chi connectivity index (χ3n) is 3.25. The van der Waals surface area contributed by atoms with E-state index in [2.05, 4.69) is 41.3 Å². The number of aromatic nitrogens is 2. The smallest absolute Gasteiger partial charge is 0.234 e. The average Bonchev–Trinajstić information content (AvgIpc) is 2.54. The zero-order chi connectivity index (χ0) is 15.1. The van der Waals surface area contributed by atoms with Crippen LogP contribution in [0.5, 0.6) is 0 Å². The number of rotatable bonds is 6. The SMILES string of the molecule is CC[C@@H](C)c1ccc(NC(=O)CSc2ncccn2)cc1. The molecule has 1 atom stereocenters. The Hall–Kier alpha value is -1.88. The highest BCUT2D eigenvalue weighted by atomic mass is 32.2. The number of anilines is 1. The fourth-order valence-corrected chi connectivity index (χ4v) is 2.42. The molecular weight excluding hydrogens is 282 g/mol. The molecule has 0 aliphatic rings. The molecule has 0 bridgehead atoms. The summed E-state index contributed by atoms with van der Waals surface area (Å²) in [5.41, 5.74) is 2.11. The molecule has 2 aromatic rings. The zero-order valence-electron chi connectivity index (χ0n) is 12.2. The number of nitrogens with zero attached hydrogens (tertiary/aromatic N) is 2. The van der Waals surface area contributed by atoms with Gasteiger partial charge < -0.3 is 5.32 Å². The van der Waals surface area contributed by atoms with Crippen LogP contribution in [-0.4, -0.2) is 21.6 Å². The fourth-order valence-electron chi connectivity index (χ4n) is 1.82. The van der Waals surface area contributed by atoms with E-state index in [1.165, 1.54) is 17.3 Å². The molecule has 110 valence electrons. The van der Waals surface area contributed by atoms with Crippen molar-refractivity contribution in [1.82, 2.24) is 9.97 Å². The van der Waals surface area contributed by atoms with Crippen LogP contribution in [0.25, 0.3) is 0 Å². The third kappa shape index (κ3) is 4.86. The second-order valence-corrected chi connectivity index (χ2v) is 5.74. The molecule has 0 spiro atoms. The number of hydrogen-bond donors (Lipinski definition) is 1. The van der Waals surface area contributed by atoms with Gasteiger partial charge in [-0.25, -0.2) is 9.97 Å². The average molecular weight is 301 g/mol. The highest BCUT2D eigenvalue weighted by molar-refractivity contribution is 7.99. The van der Waals surface area contributed by atoms with Gasteiger partial charge >= 0.3 is 0 Å². The Bertz CT molecular complexity index is 572. The maximum absolute atomic E-state index is 11.9. The predicted molar refractivity (Wildman–Crippen MR) is 86.5 cm³/mol. The minimum absolute atomic E-state index is 0.0521. The van der Waals surface area contributed by atoms with Crippen LogP contribution in [0.1, 0.15) is 31.7 Å². The Kier molecular flexibility index (Phi) is 5.75. The molecule has 2 rings (SSSR count). The van der Waals surface area contributed by atoms with Crippen molar-refractivity contribution in [3.05, 3.63) is 48.3 Å². The summed E-state index contributed by atoms with van der Waals surface area (Å²) in [6, 6.07) is 9.78. The van der Waals surface area contributed by atoms with Crippen LogP contribution in [0.2, 0.25) is 0 Å². The van der Waals surface area contributed by atoms with Crippen molar-refractivity contribution >= 4 is 23.4 Å². The summed E-state index contributed by atoms with van der Waals surface area (Å²) in [7, 11) is 0. The van der Waals surface area contributed by atoms with Crippen molar-refractivity contribution in [2.75, 3.05) is 11.1 Å². The van der Waals surface area contributed by atoms with Gasteiger partial charge in [0, 0.05) is 18.1 Å². The van der Waals surface area contributed by atoms with E-state index in [1.807, 2.05) is 12.1 Å². The molecular formula is C16H19N3OS. The summed E-state index contributed by atoms with van der Waals surface area (Å²) >= 11 is 1.33. The number of hydrogen-bond acceptors (Lipinski definition) is 4. The van der Waals surface area contributed by atoms with Crippen molar-refractivity contribution < 1.29 is 4.79 Å². The van der Waals surface area contributed by atoms with Crippen LogP contribution >= 0.6 is 11.8 Å². The van der Waals surface area contributed by atoms with Crippen LogP contribution in [-0.2, 0) is 4.79 Å². The highest BCUT2D eigenvalue weighted by Crippen LogP contribution is 2.20. The number of nitrogens with one attached hydrogen (secondary N) is 1. The Morgan fingerprint density at radius 3 is 2.52 bits per heavy atom. The molecule has 0 radical (unpaired) electrons. The summed E-state index contributed by atoms with van der Waals surface area (Å²) in [5.74, 6) is 0.793. The monoisotopic (exact) mass is 301 g/mol. The molecule has 1 heterocycles. The topological polar surface area (TPSA) is 54.9 Å². The van der Waals surface area contributed by atoms with E-state index in [0.29, 0.717) is 16.8 Å². The summed E-state index contributed by atoms with van der Waals surface area (Å²) in [6.07, 6.45) is 4.45. The van der Waals surface area contributed by atoms with Gasteiger partial charge in [0.2, 0.25) is 5.91 Å². The van der Waals surface area contributed by atoms with Gasteiger partial charge in [0.25, 0.3) is 0 Å². The number of benzene rings is 1. The first-order valence-electron chi connectivity index (χ1n) is 6.98. The van der Waals surface area contributed by atoms with Gasteiger partial charge in [-0.2, -0.15) is 0 Å². The van der Waals surface area contributed by atoms with E-state index in [1.54, 1.807) is 18.5 Å². The van der Waals surface area contributed by atoms with Crippen molar-refractivity contribution in [1.29, 1.82) is 0 Å². The molecule has 0 aliphatic carbocycles. The molecule has 0 unspecified atom stereocenters. The summed E-state index contributed by atoms with van der Waals surface area (Å²) in [6.45, 7) is 4.37. The minimum Gasteiger partial charge on any atom is -0.325 e. The van der Waals surface area contributed by atoms with Crippen molar-refractivity contribution in [3.8, 4) is 0 Å². The fraction of sp³-hybridized carbons (Fsp3) is 0.312. The second kappa shape index (κ2) is 7.78. The summed E-state index contributed by atoms with van der Waals surface area (Å²) < 4.78 is 0. The van der Waals surface area contributed by atoms with Gasteiger partial charge in [-0.1, -0.05) is 37.7 Å². The molecule has 1 aromatic carbocycles. The van der Waals surface area contributed by atoms with Crippen molar-refractivity contribution in [3.63, 3.8) is 0 Å². The largest absolute Gasteiger partial charge is 0.325 e. The predicted octanol–water partition coefficient (Wildman–Crippen LogP) is 3.72. The summed E-state index contributed by atoms with van der Waals surface area (Å²) in [5, 5.41) is 3.49. The first-order chi connectivity index (χ1) is 10.2. The van der Waals surface area contributed by atoms with Crippen LogP contribution in [0, 0.1) is 0 Å². The van der Waals surface area contributed by atoms with Gasteiger partial charge in [-0.3, -0.25) is 4.79 Å². The number of amides is 1. The molecule has 5 heteroatoms. The molecule has 1 amide bonds. The van der Waals surface area contributed by atoms with Crippen LogP contribution in [0.4, 0.5) is 5.69 Å². The molecule has 0 saturated heterocycles. The molecule has 0 fully saturated rings. The molecule has 1 N–H and O–H groups in total. The van der Waals surface area contributed by atoms with Gasteiger partial charge in [-0.15, -0.1) is 0 Å². The molecule has 4 nitrogen and oxygen atoms in total. The van der Waals surface area contributed by atoms with Crippen molar-refractivity contribution in [2.24, 2.45) is 0 Å². The lowest BCUT2D eigenvalue weighted by Gasteiger charge is -2.10. The van der Waals surface area contributed by atoms with Gasteiger partial charge in [0.1, 0.15) is 0 Å². The lowest BCUT2D eigenvalue weighted by Crippen LogP contribution is -2.14. The Morgan fingerprint density at radius 2 is 1.90 bits per heavy atom. The number of carbonyl (C=O) groups excluding carboxylic acids is 1. The third-order valence-corrected chi connectivity index (χ3v) is 4.13. The maximum Gasteiger partial charge on any atom is 0.234 e. The molecule has 21 heavy (non-hydrogen) atoms. The zero-order valence-corrected chi connectivity index (χ0v) is 13.1. The molecule has 0 saturated carbocycles. The first kappa shape index (κ1) is 15.5. The van der Waals surface area contributed by atoms with Gasteiger partial charge in [0.05, 0.1) is 5.75 Å². The minimum atomic E-state index is -0.0521. The van der Waals surface area contributed by atoms with Crippen LogP contribution in [0.15, 0.2) is 47.9 Å². The quantitative estimate of drug-likeness (QED) is 0.652. The molecule has 1 aromatic heterocycles.